The van der Waals surface area contributed by atoms with E-state index in [4.69, 9.17) is 4.42 Å². The second-order valence-electron chi connectivity index (χ2n) is 4.57. The van der Waals surface area contributed by atoms with E-state index in [1.54, 1.807) is 0 Å². The number of aromatic nitrogens is 1. The van der Waals surface area contributed by atoms with Crippen molar-refractivity contribution in [3.63, 3.8) is 0 Å². The molecule has 90 valence electrons. The first kappa shape index (κ1) is 10.6. The maximum absolute atomic E-state index is 5.44. The lowest BCUT2D eigenvalue weighted by Crippen LogP contribution is -2.23. The number of nitrogens with zero attached hydrogens (tertiary/aromatic N) is 1. The van der Waals surface area contributed by atoms with Gasteiger partial charge in [-0.1, -0.05) is 0 Å². The molecule has 1 aliphatic rings. The molecule has 1 saturated carbocycles. The average Bonchev–Trinajstić information content (AvgIpc) is 3.05. The van der Waals surface area contributed by atoms with E-state index < -0.39 is 0 Å². The van der Waals surface area contributed by atoms with Crippen LogP contribution in [-0.2, 0) is 0 Å². The second-order valence-corrected chi connectivity index (χ2v) is 4.57. The van der Waals surface area contributed by atoms with Crippen LogP contribution in [0.1, 0.15) is 18.7 Å². The van der Waals surface area contributed by atoms with Crippen LogP contribution in [0.3, 0.4) is 0 Å². The standard InChI is InChI=1S/C13H17N3O/c1-9-16-12-8-11(4-5-13(12)17-9)15-7-6-14-10-2-3-10/h4-5,8,10,14-15H,2-3,6-7H2,1H3. The van der Waals surface area contributed by atoms with Crippen molar-refractivity contribution in [3.05, 3.63) is 24.1 Å². The van der Waals surface area contributed by atoms with E-state index in [0.717, 1.165) is 35.9 Å². The summed E-state index contributed by atoms with van der Waals surface area (Å²) in [5, 5.41) is 6.86. The number of hydrogen-bond donors (Lipinski definition) is 2. The van der Waals surface area contributed by atoms with Crippen LogP contribution in [0.15, 0.2) is 22.6 Å². The second kappa shape index (κ2) is 4.37. The van der Waals surface area contributed by atoms with Gasteiger partial charge in [0.05, 0.1) is 0 Å². The lowest BCUT2D eigenvalue weighted by atomic mass is 10.3. The predicted molar refractivity (Wildman–Crippen MR) is 68.3 cm³/mol. The molecular weight excluding hydrogens is 214 g/mol. The van der Waals surface area contributed by atoms with Gasteiger partial charge in [-0.15, -0.1) is 0 Å². The fourth-order valence-electron chi connectivity index (χ4n) is 1.92. The van der Waals surface area contributed by atoms with Crippen LogP contribution < -0.4 is 10.6 Å². The fourth-order valence-corrected chi connectivity index (χ4v) is 1.92. The van der Waals surface area contributed by atoms with Gasteiger partial charge in [-0.3, -0.25) is 0 Å². The van der Waals surface area contributed by atoms with Crippen molar-refractivity contribution < 1.29 is 4.42 Å². The maximum atomic E-state index is 5.44. The molecule has 2 aromatic rings. The molecule has 4 heteroatoms. The Morgan fingerprint density at radius 2 is 2.24 bits per heavy atom. The van der Waals surface area contributed by atoms with E-state index >= 15 is 0 Å². The normalized spacial score (nSPS) is 15.4. The fraction of sp³-hybridized carbons (Fsp3) is 0.462. The topological polar surface area (TPSA) is 50.1 Å². The van der Waals surface area contributed by atoms with Crippen molar-refractivity contribution in [2.75, 3.05) is 18.4 Å². The third kappa shape index (κ3) is 2.58. The minimum absolute atomic E-state index is 0.715. The number of oxazole rings is 1. The summed E-state index contributed by atoms with van der Waals surface area (Å²) in [5.74, 6) is 0.715. The SMILES string of the molecule is Cc1nc2cc(NCCNC3CC3)ccc2o1. The van der Waals surface area contributed by atoms with Crippen molar-refractivity contribution >= 4 is 16.8 Å². The highest BCUT2D eigenvalue weighted by Crippen LogP contribution is 2.20. The van der Waals surface area contributed by atoms with E-state index in [0.29, 0.717) is 5.89 Å². The van der Waals surface area contributed by atoms with E-state index in [1.165, 1.54) is 12.8 Å². The number of anilines is 1. The first-order valence-corrected chi connectivity index (χ1v) is 6.16. The Morgan fingerprint density at radius 1 is 1.35 bits per heavy atom. The summed E-state index contributed by atoms with van der Waals surface area (Å²) in [6, 6.07) is 6.80. The van der Waals surface area contributed by atoms with Crippen LogP contribution in [0, 0.1) is 6.92 Å². The number of rotatable bonds is 5. The van der Waals surface area contributed by atoms with Crippen molar-refractivity contribution in [1.82, 2.24) is 10.3 Å². The Balaban J connectivity index is 1.59. The molecule has 0 aliphatic heterocycles. The van der Waals surface area contributed by atoms with Crippen molar-refractivity contribution in [1.29, 1.82) is 0 Å². The summed E-state index contributed by atoms with van der Waals surface area (Å²) in [7, 11) is 0. The van der Waals surface area contributed by atoms with Gasteiger partial charge in [0.15, 0.2) is 11.5 Å². The quantitative estimate of drug-likeness (QED) is 0.775. The lowest BCUT2D eigenvalue weighted by molar-refractivity contribution is 0.561. The summed E-state index contributed by atoms with van der Waals surface area (Å²) in [5.41, 5.74) is 2.87. The highest BCUT2D eigenvalue weighted by molar-refractivity contribution is 5.77. The summed E-state index contributed by atoms with van der Waals surface area (Å²) < 4.78 is 5.44. The molecule has 4 nitrogen and oxygen atoms in total. The average molecular weight is 231 g/mol. The molecule has 0 saturated heterocycles. The zero-order valence-electron chi connectivity index (χ0n) is 9.99. The molecule has 0 unspecified atom stereocenters. The van der Waals surface area contributed by atoms with Crippen LogP contribution in [0.25, 0.3) is 11.1 Å². The minimum Gasteiger partial charge on any atom is -0.441 e. The Kier molecular flexibility index (Phi) is 2.73. The molecule has 3 rings (SSSR count). The Bertz CT molecular complexity index is 516. The Hall–Kier alpha value is -1.55. The maximum Gasteiger partial charge on any atom is 0.192 e. The first-order chi connectivity index (χ1) is 8.31. The van der Waals surface area contributed by atoms with Gasteiger partial charge >= 0.3 is 0 Å². The van der Waals surface area contributed by atoms with Crippen LogP contribution in [-0.4, -0.2) is 24.1 Å². The predicted octanol–water partition coefficient (Wildman–Crippen LogP) is 2.30. The monoisotopic (exact) mass is 231 g/mol. The van der Waals surface area contributed by atoms with E-state index in [9.17, 15) is 0 Å². The van der Waals surface area contributed by atoms with E-state index in [-0.39, 0.29) is 0 Å². The first-order valence-electron chi connectivity index (χ1n) is 6.16. The van der Waals surface area contributed by atoms with Gasteiger partial charge in [0.1, 0.15) is 5.52 Å². The van der Waals surface area contributed by atoms with Gasteiger partial charge in [-0.25, -0.2) is 4.98 Å². The van der Waals surface area contributed by atoms with E-state index in [1.807, 2.05) is 25.1 Å². The van der Waals surface area contributed by atoms with Crippen molar-refractivity contribution in [2.24, 2.45) is 0 Å². The summed E-state index contributed by atoms with van der Waals surface area (Å²) >= 11 is 0. The van der Waals surface area contributed by atoms with Crippen LogP contribution in [0.5, 0.6) is 0 Å². The molecular formula is C13H17N3O. The lowest BCUT2D eigenvalue weighted by Gasteiger charge is -2.06. The third-order valence-corrected chi connectivity index (χ3v) is 2.96. The highest BCUT2D eigenvalue weighted by atomic mass is 16.3. The molecule has 1 aromatic carbocycles. The summed E-state index contributed by atoms with van der Waals surface area (Å²) in [4.78, 5) is 4.32. The molecule has 0 spiro atoms. The number of nitrogens with one attached hydrogen (secondary N) is 2. The number of fused-ring (bicyclic) bond motifs is 1. The number of benzene rings is 1. The molecule has 1 heterocycles. The highest BCUT2D eigenvalue weighted by Gasteiger charge is 2.19. The van der Waals surface area contributed by atoms with Crippen LogP contribution in [0.4, 0.5) is 5.69 Å². The molecule has 1 aromatic heterocycles. The molecule has 1 aliphatic carbocycles. The van der Waals surface area contributed by atoms with Crippen LogP contribution in [0.2, 0.25) is 0 Å². The molecule has 17 heavy (non-hydrogen) atoms. The van der Waals surface area contributed by atoms with Gasteiger partial charge in [0, 0.05) is 31.7 Å². The van der Waals surface area contributed by atoms with Gasteiger partial charge < -0.3 is 15.1 Å². The zero-order valence-corrected chi connectivity index (χ0v) is 9.99. The van der Waals surface area contributed by atoms with Crippen LogP contribution >= 0.6 is 0 Å². The number of hydrogen-bond acceptors (Lipinski definition) is 4. The summed E-state index contributed by atoms with van der Waals surface area (Å²) in [6.45, 7) is 3.83. The van der Waals surface area contributed by atoms with Gasteiger partial charge in [-0.05, 0) is 31.0 Å². The van der Waals surface area contributed by atoms with Gasteiger partial charge in [0.2, 0.25) is 0 Å². The molecule has 0 atom stereocenters. The molecule has 0 bridgehead atoms. The molecule has 0 radical (unpaired) electrons. The van der Waals surface area contributed by atoms with Gasteiger partial charge in [-0.2, -0.15) is 0 Å². The number of aryl methyl sites for hydroxylation is 1. The van der Waals surface area contributed by atoms with Crippen molar-refractivity contribution in [3.8, 4) is 0 Å². The van der Waals surface area contributed by atoms with Gasteiger partial charge in [0.25, 0.3) is 0 Å². The molecule has 2 N–H and O–H groups in total. The molecule has 0 amide bonds. The van der Waals surface area contributed by atoms with E-state index in [2.05, 4.69) is 15.6 Å². The van der Waals surface area contributed by atoms with Crippen molar-refractivity contribution in [2.45, 2.75) is 25.8 Å². The Morgan fingerprint density at radius 3 is 3.06 bits per heavy atom. The minimum atomic E-state index is 0.715. The largest absolute Gasteiger partial charge is 0.441 e. The Labute approximate surface area is 100 Å². The third-order valence-electron chi connectivity index (χ3n) is 2.96. The summed E-state index contributed by atoms with van der Waals surface area (Å²) in [6.07, 6.45) is 2.67. The molecule has 1 fully saturated rings. The smallest absolute Gasteiger partial charge is 0.192 e. The zero-order chi connectivity index (χ0) is 11.7.